The highest BCUT2D eigenvalue weighted by molar-refractivity contribution is 6.13. The summed E-state index contributed by atoms with van der Waals surface area (Å²) in [7, 11) is 0. The van der Waals surface area contributed by atoms with Crippen LogP contribution in [-0.4, -0.2) is 17.2 Å². The third kappa shape index (κ3) is 5.17. The van der Waals surface area contributed by atoms with Crippen molar-refractivity contribution in [2.75, 3.05) is 11.9 Å². The summed E-state index contributed by atoms with van der Waals surface area (Å²) in [5.74, 6) is 1.56. The molecule has 4 heteroatoms. The van der Waals surface area contributed by atoms with Crippen LogP contribution in [-0.2, 0) is 6.61 Å². The van der Waals surface area contributed by atoms with Crippen molar-refractivity contribution >= 4 is 11.5 Å². The van der Waals surface area contributed by atoms with Crippen LogP contribution in [0.3, 0.4) is 0 Å². The van der Waals surface area contributed by atoms with E-state index in [2.05, 4.69) is 17.2 Å². The van der Waals surface area contributed by atoms with E-state index in [0.717, 1.165) is 47.6 Å². The maximum absolute atomic E-state index is 8.58. The highest BCUT2D eigenvalue weighted by Crippen LogP contribution is 2.20. The Labute approximate surface area is 160 Å². The smallest absolute Gasteiger partial charge is 0.135 e. The van der Waals surface area contributed by atoms with E-state index < -0.39 is 0 Å². The van der Waals surface area contributed by atoms with Crippen molar-refractivity contribution in [2.45, 2.75) is 26.4 Å². The molecule has 0 aliphatic carbocycles. The van der Waals surface area contributed by atoms with Gasteiger partial charge in [-0.25, -0.2) is 4.98 Å². The minimum Gasteiger partial charge on any atom is -0.489 e. The fraction of sp³-hybridized carbons (Fsp3) is 0.217. The molecule has 0 aliphatic rings. The second-order valence-corrected chi connectivity index (χ2v) is 6.35. The first-order chi connectivity index (χ1) is 13.3. The summed E-state index contributed by atoms with van der Waals surface area (Å²) in [4.78, 5) is 4.40. The topological polar surface area (TPSA) is 58.0 Å². The monoisotopic (exact) mass is 359 g/mol. The van der Waals surface area contributed by atoms with Crippen LogP contribution in [0, 0.1) is 5.41 Å². The zero-order valence-electron chi connectivity index (χ0n) is 15.6. The molecule has 0 spiro atoms. The summed E-state index contributed by atoms with van der Waals surface area (Å²) in [6, 6.07) is 21.5. The van der Waals surface area contributed by atoms with E-state index in [9.17, 15) is 0 Å². The molecule has 2 N–H and O–H groups in total. The Bertz CT molecular complexity index is 860. The number of unbranched alkanes of at least 4 members (excludes halogenated alkanes) is 1. The lowest BCUT2D eigenvalue weighted by Gasteiger charge is -2.12. The standard InChI is InChI=1S/C23H25N3O/c1-2-3-15-25-23-21(10-7-16-26-23)22(24)19-11-13-20(14-12-19)27-17-18-8-5-4-6-9-18/h4-14,16,24H,2-3,15,17H2,1H3,(H,25,26). The van der Waals surface area contributed by atoms with Crippen LogP contribution in [0.25, 0.3) is 0 Å². The van der Waals surface area contributed by atoms with E-state index >= 15 is 0 Å². The van der Waals surface area contributed by atoms with E-state index in [1.807, 2.05) is 66.7 Å². The lowest BCUT2D eigenvalue weighted by Crippen LogP contribution is -2.10. The number of nitrogens with zero attached hydrogens (tertiary/aromatic N) is 1. The van der Waals surface area contributed by atoms with Crippen molar-refractivity contribution in [3.8, 4) is 5.75 Å². The minimum atomic E-state index is 0.455. The van der Waals surface area contributed by atoms with Gasteiger partial charge in [-0.05, 0) is 48.4 Å². The molecule has 0 bridgehead atoms. The summed E-state index contributed by atoms with van der Waals surface area (Å²) in [5.41, 5.74) is 3.24. The largest absolute Gasteiger partial charge is 0.489 e. The lowest BCUT2D eigenvalue weighted by atomic mass is 10.0. The predicted molar refractivity (Wildman–Crippen MR) is 111 cm³/mol. The molecule has 1 aromatic heterocycles. The number of hydrogen-bond donors (Lipinski definition) is 2. The quantitative estimate of drug-likeness (QED) is 0.403. The number of benzene rings is 2. The molecule has 0 aliphatic heterocycles. The van der Waals surface area contributed by atoms with E-state index in [1.54, 1.807) is 6.20 Å². The maximum atomic E-state index is 8.58. The highest BCUT2D eigenvalue weighted by atomic mass is 16.5. The van der Waals surface area contributed by atoms with Gasteiger partial charge in [0.25, 0.3) is 0 Å². The van der Waals surface area contributed by atoms with Gasteiger partial charge in [0.15, 0.2) is 0 Å². The number of hydrogen-bond acceptors (Lipinski definition) is 4. The lowest BCUT2D eigenvalue weighted by molar-refractivity contribution is 0.306. The van der Waals surface area contributed by atoms with Crippen LogP contribution in [0.5, 0.6) is 5.75 Å². The van der Waals surface area contributed by atoms with E-state index in [1.165, 1.54) is 0 Å². The van der Waals surface area contributed by atoms with Crippen LogP contribution < -0.4 is 10.1 Å². The molecule has 0 saturated heterocycles. The van der Waals surface area contributed by atoms with Crippen LogP contribution in [0.15, 0.2) is 72.9 Å². The van der Waals surface area contributed by atoms with Crippen molar-refractivity contribution in [3.05, 3.63) is 89.6 Å². The SMILES string of the molecule is CCCCNc1ncccc1C(=N)c1ccc(OCc2ccccc2)cc1. The molecule has 0 radical (unpaired) electrons. The van der Waals surface area contributed by atoms with Gasteiger partial charge in [0.1, 0.15) is 18.2 Å². The van der Waals surface area contributed by atoms with Gasteiger partial charge < -0.3 is 10.1 Å². The first-order valence-electron chi connectivity index (χ1n) is 9.33. The Morgan fingerprint density at radius 3 is 2.52 bits per heavy atom. The van der Waals surface area contributed by atoms with Gasteiger partial charge in [-0.15, -0.1) is 0 Å². The molecule has 0 fully saturated rings. The molecule has 0 unspecified atom stereocenters. The fourth-order valence-corrected chi connectivity index (χ4v) is 2.75. The number of rotatable bonds is 9. The second kappa shape index (κ2) is 9.53. The van der Waals surface area contributed by atoms with E-state index in [0.29, 0.717) is 12.3 Å². The normalized spacial score (nSPS) is 10.4. The Hall–Kier alpha value is -3.14. The summed E-state index contributed by atoms with van der Waals surface area (Å²) in [6.45, 7) is 3.55. The average Bonchev–Trinajstić information content (AvgIpc) is 2.73. The van der Waals surface area contributed by atoms with Gasteiger partial charge >= 0.3 is 0 Å². The third-order valence-electron chi connectivity index (χ3n) is 4.29. The molecule has 0 amide bonds. The van der Waals surface area contributed by atoms with Crippen molar-refractivity contribution in [1.29, 1.82) is 5.41 Å². The Morgan fingerprint density at radius 1 is 1.00 bits per heavy atom. The summed E-state index contributed by atoms with van der Waals surface area (Å²) >= 11 is 0. The molecule has 0 saturated carbocycles. The Balaban J connectivity index is 1.67. The zero-order valence-corrected chi connectivity index (χ0v) is 15.6. The van der Waals surface area contributed by atoms with Gasteiger partial charge in [-0.2, -0.15) is 0 Å². The van der Waals surface area contributed by atoms with Crippen molar-refractivity contribution in [3.63, 3.8) is 0 Å². The molecule has 27 heavy (non-hydrogen) atoms. The number of nitrogens with one attached hydrogen (secondary N) is 2. The fourth-order valence-electron chi connectivity index (χ4n) is 2.75. The van der Waals surface area contributed by atoms with Crippen LogP contribution >= 0.6 is 0 Å². The van der Waals surface area contributed by atoms with Gasteiger partial charge in [-0.3, -0.25) is 5.41 Å². The molecule has 2 aromatic carbocycles. The van der Waals surface area contributed by atoms with Gasteiger partial charge in [0.05, 0.1) is 5.71 Å². The highest BCUT2D eigenvalue weighted by Gasteiger charge is 2.11. The maximum Gasteiger partial charge on any atom is 0.135 e. The van der Waals surface area contributed by atoms with Crippen molar-refractivity contribution in [1.82, 2.24) is 4.98 Å². The molecular weight excluding hydrogens is 334 g/mol. The molecule has 3 rings (SSSR count). The molecule has 138 valence electrons. The summed E-state index contributed by atoms with van der Waals surface area (Å²) in [5, 5.41) is 11.9. The molecule has 4 nitrogen and oxygen atoms in total. The summed E-state index contributed by atoms with van der Waals surface area (Å²) in [6.07, 6.45) is 3.96. The first-order valence-corrected chi connectivity index (χ1v) is 9.33. The molecule has 0 atom stereocenters. The van der Waals surface area contributed by atoms with E-state index in [-0.39, 0.29) is 0 Å². The van der Waals surface area contributed by atoms with E-state index in [4.69, 9.17) is 10.1 Å². The minimum absolute atomic E-state index is 0.455. The molecular formula is C23H25N3O. The zero-order chi connectivity index (χ0) is 18.9. The number of anilines is 1. The van der Waals surface area contributed by atoms with Gasteiger partial charge in [0, 0.05) is 23.9 Å². The molecule has 3 aromatic rings. The Kier molecular flexibility index (Phi) is 6.58. The van der Waals surface area contributed by atoms with Crippen LogP contribution in [0.2, 0.25) is 0 Å². The first kappa shape index (κ1) is 18.6. The predicted octanol–water partition coefficient (Wildman–Crippen LogP) is 5.29. The van der Waals surface area contributed by atoms with Crippen molar-refractivity contribution in [2.24, 2.45) is 0 Å². The third-order valence-corrected chi connectivity index (χ3v) is 4.29. The van der Waals surface area contributed by atoms with Crippen LogP contribution in [0.1, 0.15) is 36.5 Å². The Morgan fingerprint density at radius 2 is 1.78 bits per heavy atom. The van der Waals surface area contributed by atoms with Crippen LogP contribution in [0.4, 0.5) is 5.82 Å². The number of ether oxygens (including phenoxy) is 1. The van der Waals surface area contributed by atoms with Crippen molar-refractivity contribution < 1.29 is 4.74 Å². The van der Waals surface area contributed by atoms with Gasteiger partial charge in [0.2, 0.25) is 0 Å². The second-order valence-electron chi connectivity index (χ2n) is 6.35. The number of aromatic nitrogens is 1. The summed E-state index contributed by atoms with van der Waals surface area (Å²) < 4.78 is 5.83. The average molecular weight is 359 g/mol. The van der Waals surface area contributed by atoms with Gasteiger partial charge in [-0.1, -0.05) is 43.7 Å². The number of pyridine rings is 1. The molecule has 1 heterocycles.